The molecule has 178 valence electrons. The van der Waals surface area contributed by atoms with Crippen LogP contribution < -0.4 is 10.2 Å². The van der Waals surface area contributed by atoms with Gasteiger partial charge in [-0.15, -0.1) is 0 Å². The molecule has 2 fully saturated rings. The number of aryl methyl sites for hydroxylation is 1. The van der Waals surface area contributed by atoms with E-state index in [4.69, 9.17) is 9.97 Å². The molecule has 0 saturated carbocycles. The molecule has 2 N–H and O–H groups in total. The molecule has 1 aliphatic carbocycles. The van der Waals surface area contributed by atoms with Crippen molar-refractivity contribution < 1.29 is 4.79 Å². The third-order valence-corrected chi connectivity index (χ3v) is 7.60. The Morgan fingerprint density at radius 1 is 1.15 bits per heavy atom. The molecule has 2 saturated heterocycles. The maximum atomic E-state index is 13.5. The molecule has 1 amide bonds. The summed E-state index contributed by atoms with van der Waals surface area (Å²) in [6.07, 6.45) is 8.90. The number of aromatic amines is 1. The van der Waals surface area contributed by atoms with E-state index in [9.17, 15) is 4.79 Å². The molecule has 0 aromatic carbocycles. The van der Waals surface area contributed by atoms with Gasteiger partial charge in [0.15, 0.2) is 0 Å². The predicted octanol–water partition coefficient (Wildman–Crippen LogP) is 4.17. The number of aromatic nitrogens is 4. The highest BCUT2D eigenvalue weighted by molar-refractivity contribution is 5.85. The Labute approximate surface area is 196 Å². The summed E-state index contributed by atoms with van der Waals surface area (Å²) in [5, 5.41) is 3.42. The van der Waals surface area contributed by atoms with Crippen molar-refractivity contribution in [3.8, 4) is 0 Å². The topological polar surface area (TPSA) is 90.0 Å². The smallest absolute Gasteiger partial charge is 0.245 e. The number of nitrogens with zero attached hydrogens (tertiary/aromatic N) is 5. The van der Waals surface area contributed by atoms with Crippen molar-refractivity contribution in [2.75, 3.05) is 29.9 Å². The quantitative estimate of drug-likeness (QED) is 0.709. The number of anilines is 3. The van der Waals surface area contributed by atoms with Crippen LogP contribution in [-0.4, -0.2) is 56.4 Å². The van der Waals surface area contributed by atoms with E-state index in [2.05, 4.69) is 52.8 Å². The van der Waals surface area contributed by atoms with E-state index in [1.807, 2.05) is 6.20 Å². The van der Waals surface area contributed by atoms with E-state index in [1.165, 1.54) is 5.56 Å². The van der Waals surface area contributed by atoms with Crippen LogP contribution in [0.1, 0.15) is 82.7 Å². The van der Waals surface area contributed by atoms with Gasteiger partial charge in [-0.25, -0.2) is 9.97 Å². The summed E-state index contributed by atoms with van der Waals surface area (Å²) >= 11 is 0. The van der Waals surface area contributed by atoms with Crippen molar-refractivity contribution in [2.45, 2.75) is 84.6 Å². The van der Waals surface area contributed by atoms with Gasteiger partial charge in [0.25, 0.3) is 0 Å². The first-order valence-electron chi connectivity index (χ1n) is 12.6. The largest absolute Gasteiger partial charge is 0.341 e. The van der Waals surface area contributed by atoms with Crippen molar-refractivity contribution >= 4 is 23.6 Å². The highest BCUT2D eigenvalue weighted by Gasteiger charge is 2.38. The highest BCUT2D eigenvalue weighted by atomic mass is 16.2. The predicted molar refractivity (Wildman–Crippen MR) is 130 cm³/mol. The third kappa shape index (κ3) is 4.44. The monoisotopic (exact) mass is 451 g/mol. The van der Waals surface area contributed by atoms with E-state index in [1.54, 1.807) is 0 Å². The van der Waals surface area contributed by atoms with Crippen LogP contribution in [0.15, 0.2) is 6.20 Å². The second-order valence-electron chi connectivity index (χ2n) is 11.0. The zero-order valence-corrected chi connectivity index (χ0v) is 20.4. The standard InChI is InChI=1S/C25H37N7O/c1-16(2)19-15-26-23(27-19)29-21-17-7-5-8-18(17)28-24(30-21)32-12-6-9-20(32)22(33)31-13-10-25(3,4)11-14-31/h15-16,20H,5-14H2,1-4H3,(H2,26,27,28,29,30)/t20-/m1/s1. The molecule has 8 heteroatoms. The van der Waals surface area contributed by atoms with Crippen molar-refractivity contribution in [1.29, 1.82) is 0 Å². The van der Waals surface area contributed by atoms with Crippen LogP contribution >= 0.6 is 0 Å². The summed E-state index contributed by atoms with van der Waals surface area (Å²) in [7, 11) is 0. The number of hydrogen-bond acceptors (Lipinski definition) is 6. The van der Waals surface area contributed by atoms with E-state index in [0.717, 1.165) is 81.8 Å². The van der Waals surface area contributed by atoms with Gasteiger partial charge >= 0.3 is 0 Å². The minimum atomic E-state index is -0.158. The second-order valence-corrected chi connectivity index (χ2v) is 11.0. The Morgan fingerprint density at radius 2 is 1.94 bits per heavy atom. The van der Waals surface area contributed by atoms with Gasteiger partial charge in [-0.3, -0.25) is 4.79 Å². The van der Waals surface area contributed by atoms with E-state index >= 15 is 0 Å². The normalized spacial score (nSPS) is 22.2. The van der Waals surface area contributed by atoms with Crippen molar-refractivity contribution in [3.05, 3.63) is 23.1 Å². The van der Waals surface area contributed by atoms with Crippen LogP contribution in [0.2, 0.25) is 0 Å². The van der Waals surface area contributed by atoms with E-state index in [0.29, 0.717) is 23.2 Å². The summed E-state index contributed by atoms with van der Waals surface area (Å²) in [5.41, 5.74) is 3.72. The van der Waals surface area contributed by atoms with Crippen molar-refractivity contribution in [1.82, 2.24) is 24.8 Å². The number of carbonyl (C=O) groups excluding carboxylic acids is 1. The molecule has 2 aromatic heterocycles. The number of imidazole rings is 1. The van der Waals surface area contributed by atoms with Crippen LogP contribution in [-0.2, 0) is 17.6 Å². The molecule has 33 heavy (non-hydrogen) atoms. The van der Waals surface area contributed by atoms with Gasteiger partial charge in [0.05, 0.1) is 11.9 Å². The summed E-state index contributed by atoms with van der Waals surface area (Å²) in [4.78, 5) is 35.4. The summed E-state index contributed by atoms with van der Waals surface area (Å²) < 4.78 is 0. The van der Waals surface area contributed by atoms with Gasteiger partial charge in [-0.1, -0.05) is 27.7 Å². The molecule has 2 aromatic rings. The zero-order valence-electron chi connectivity index (χ0n) is 20.4. The molecule has 4 heterocycles. The molecule has 2 aliphatic heterocycles. The molecular formula is C25H37N7O. The average Bonchev–Trinajstić information content (AvgIpc) is 3.53. The average molecular weight is 452 g/mol. The van der Waals surface area contributed by atoms with Gasteiger partial charge < -0.3 is 20.1 Å². The molecular weight excluding hydrogens is 414 g/mol. The van der Waals surface area contributed by atoms with Gasteiger partial charge in [-0.05, 0) is 56.3 Å². The number of hydrogen-bond donors (Lipinski definition) is 2. The maximum Gasteiger partial charge on any atom is 0.245 e. The van der Waals surface area contributed by atoms with Crippen LogP contribution in [0, 0.1) is 5.41 Å². The second kappa shape index (κ2) is 8.61. The lowest BCUT2D eigenvalue weighted by Gasteiger charge is -2.39. The zero-order chi connectivity index (χ0) is 23.2. The van der Waals surface area contributed by atoms with E-state index in [-0.39, 0.29) is 11.9 Å². The fourth-order valence-corrected chi connectivity index (χ4v) is 5.26. The minimum absolute atomic E-state index is 0.158. The Kier molecular flexibility index (Phi) is 5.79. The Balaban J connectivity index is 1.39. The first kappa shape index (κ1) is 22.2. The van der Waals surface area contributed by atoms with Crippen molar-refractivity contribution in [2.24, 2.45) is 5.41 Å². The van der Waals surface area contributed by atoms with Gasteiger partial charge in [-0.2, -0.15) is 4.98 Å². The summed E-state index contributed by atoms with van der Waals surface area (Å²) in [6.45, 7) is 11.4. The molecule has 1 atom stereocenters. The fourth-order valence-electron chi connectivity index (χ4n) is 5.26. The number of rotatable bonds is 5. The lowest BCUT2D eigenvalue weighted by molar-refractivity contribution is -0.134. The van der Waals surface area contributed by atoms with Crippen LogP contribution in [0.3, 0.4) is 0 Å². The van der Waals surface area contributed by atoms with Crippen LogP contribution in [0.4, 0.5) is 17.7 Å². The Bertz CT molecular complexity index is 1020. The number of amides is 1. The molecule has 0 bridgehead atoms. The number of fused-ring (bicyclic) bond motifs is 1. The summed E-state index contributed by atoms with van der Waals surface area (Å²) in [6, 6.07) is -0.158. The SMILES string of the molecule is CC(C)c1cnc(Nc2nc(N3CCC[C@@H]3C(=O)N3CCC(C)(C)CC3)nc3c2CCC3)[nH]1. The number of nitrogens with one attached hydrogen (secondary N) is 2. The molecule has 5 rings (SSSR count). The third-order valence-electron chi connectivity index (χ3n) is 7.60. The lowest BCUT2D eigenvalue weighted by Crippen LogP contribution is -2.50. The maximum absolute atomic E-state index is 13.5. The number of piperidine rings is 1. The van der Waals surface area contributed by atoms with Crippen LogP contribution in [0.5, 0.6) is 0 Å². The van der Waals surface area contributed by atoms with Gasteiger partial charge in [0.2, 0.25) is 17.8 Å². The summed E-state index contributed by atoms with van der Waals surface area (Å²) in [5.74, 6) is 2.85. The molecule has 3 aliphatic rings. The van der Waals surface area contributed by atoms with Gasteiger partial charge in [0.1, 0.15) is 11.9 Å². The van der Waals surface area contributed by atoms with Crippen molar-refractivity contribution in [3.63, 3.8) is 0 Å². The molecule has 0 unspecified atom stereocenters. The lowest BCUT2D eigenvalue weighted by atomic mass is 9.82. The number of likely N-dealkylation sites (tertiary alicyclic amines) is 1. The Hall–Kier alpha value is -2.64. The van der Waals surface area contributed by atoms with Crippen LogP contribution in [0.25, 0.3) is 0 Å². The molecule has 0 spiro atoms. The van der Waals surface area contributed by atoms with Gasteiger partial charge in [0, 0.05) is 30.9 Å². The fraction of sp³-hybridized carbons (Fsp3) is 0.680. The Morgan fingerprint density at radius 3 is 2.67 bits per heavy atom. The number of carbonyl (C=O) groups is 1. The molecule has 0 radical (unpaired) electrons. The first-order valence-corrected chi connectivity index (χ1v) is 12.6. The molecule has 8 nitrogen and oxygen atoms in total. The van der Waals surface area contributed by atoms with E-state index < -0.39 is 0 Å². The minimum Gasteiger partial charge on any atom is -0.341 e. The first-order chi connectivity index (χ1) is 15.8. The highest BCUT2D eigenvalue weighted by Crippen LogP contribution is 2.34. The number of H-pyrrole nitrogens is 1.